The maximum absolute atomic E-state index is 5.29. The van der Waals surface area contributed by atoms with Crippen molar-refractivity contribution in [3.8, 4) is 0 Å². The van der Waals surface area contributed by atoms with E-state index in [1.54, 1.807) is 7.11 Å². The van der Waals surface area contributed by atoms with Crippen LogP contribution in [0.25, 0.3) is 0 Å². The molecule has 0 saturated heterocycles. The normalized spacial score (nSPS) is 31.7. The zero-order valence-corrected chi connectivity index (χ0v) is 10.8. The lowest BCUT2D eigenvalue weighted by molar-refractivity contribution is 0.195. The topological polar surface area (TPSA) is 33.3 Å². The summed E-state index contributed by atoms with van der Waals surface area (Å²) in [5.74, 6) is 1.85. The highest BCUT2D eigenvalue weighted by molar-refractivity contribution is 7.80. The van der Waals surface area contributed by atoms with E-state index in [4.69, 9.17) is 17.0 Å². The zero-order valence-electron chi connectivity index (χ0n) is 10.00. The fourth-order valence-electron chi connectivity index (χ4n) is 3.06. The fourth-order valence-corrected chi connectivity index (χ4v) is 3.31. The van der Waals surface area contributed by atoms with Gasteiger partial charge in [0, 0.05) is 26.3 Å². The van der Waals surface area contributed by atoms with Crippen LogP contribution in [0, 0.1) is 11.8 Å². The van der Waals surface area contributed by atoms with Gasteiger partial charge in [0.25, 0.3) is 0 Å². The highest BCUT2D eigenvalue weighted by Crippen LogP contribution is 2.44. The average Bonchev–Trinajstić information content (AvgIpc) is 2.86. The van der Waals surface area contributed by atoms with Gasteiger partial charge in [-0.3, -0.25) is 0 Å². The first kappa shape index (κ1) is 12.1. The van der Waals surface area contributed by atoms with Crippen LogP contribution in [-0.4, -0.2) is 31.4 Å². The summed E-state index contributed by atoms with van der Waals surface area (Å²) in [4.78, 5) is 0. The lowest BCUT2D eigenvalue weighted by Crippen LogP contribution is -2.44. The maximum atomic E-state index is 5.29. The van der Waals surface area contributed by atoms with Crippen LogP contribution in [0.1, 0.15) is 32.1 Å². The van der Waals surface area contributed by atoms with Crippen molar-refractivity contribution in [3.05, 3.63) is 0 Å². The molecule has 2 rings (SSSR count). The van der Waals surface area contributed by atoms with Gasteiger partial charge < -0.3 is 15.4 Å². The van der Waals surface area contributed by atoms with Crippen LogP contribution in [0.5, 0.6) is 0 Å². The van der Waals surface area contributed by atoms with Crippen LogP contribution < -0.4 is 10.6 Å². The monoisotopic (exact) mass is 242 g/mol. The molecule has 2 bridgehead atoms. The molecule has 0 aromatic carbocycles. The van der Waals surface area contributed by atoms with E-state index in [0.29, 0.717) is 6.04 Å². The molecule has 16 heavy (non-hydrogen) atoms. The van der Waals surface area contributed by atoms with Gasteiger partial charge in [-0.25, -0.2) is 0 Å². The van der Waals surface area contributed by atoms with Crippen molar-refractivity contribution < 1.29 is 4.74 Å². The van der Waals surface area contributed by atoms with Crippen LogP contribution >= 0.6 is 12.2 Å². The standard InChI is InChI=1S/C12H22N2OS/c1-15-6-2-5-13-12(16)14-11-8-9-3-4-10(11)7-9/h9-11H,2-8H2,1H3,(H2,13,14,16). The predicted molar refractivity (Wildman–Crippen MR) is 69.5 cm³/mol. The van der Waals surface area contributed by atoms with Gasteiger partial charge >= 0.3 is 0 Å². The lowest BCUT2D eigenvalue weighted by Gasteiger charge is -2.24. The minimum atomic E-state index is 0.640. The molecule has 0 radical (unpaired) electrons. The molecule has 0 spiro atoms. The smallest absolute Gasteiger partial charge is 0.166 e. The molecule has 2 saturated carbocycles. The van der Waals surface area contributed by atoms with Crippen LogP contribution in [0.2, 0.25) is 0 Å². The Morgan fingerprint density at radius 2 is 2.25 bits per heavy atom. The van der Waals surface area contributed by atoms with Crippen LogP contribution in [0.4, 0.5) is 0 Å². The molecule has 0 heterocycles. The molecule has 3 atom stereocenters. The van der Waals surface area contributed by atoms with Gasteiger partial charge in [0.1, 0.15) is 0 Å². The molecule has 4 heteroatoms. The highest BCUT2D eigenvalue weighted by Gasteiger charge is 2.39. The molecule has 3 nitrogen and oxygen atoms in total. The Labute approximate surface area is 103 Å². The molecule has 0 amide bonds. The summed E-state index contributed by atoms with van der Waals surface area (Å²) in [6.07, 6.45) is 6.59. The Morgan fingerprint density at radius 3 is 2.88 bits per heavy atom. The number of hydrogen-bond acceptors (Lipinski definition) is 2. The van der Waals surface area contributed by atoms with Gasteiger partial charge in [-0.15, -0.1) is 0 Å². The second-order valence-electron chi connectivity index (χ2n) is 5.03. The molecule has 2 N–H and O–H groups in total. The summed E-state index contributed by atoms with van der Waals surface area (Å²) < 4.78 is 4.99. The van der Waals surface area contributed by atoms with Crippen molar-refractivity contribution in [1.82, 2.24) is 10.6 Å². The Hall–Kier alpha value is -0.350. The summed E-state index contributed by atoms with van der Waals surface area (Å²) in [6, 6.07) is 0.640. The van der Waals surface area contributed by atoms with E-state index < -0.39 is 0 Å². The molecule has 0 aromatic heterocycles. The zero-order chi connectivity index (χ0) is 11.4. The van der Waals surface area contributed by atoms with Gasteiger partial charge in [0.05, 0.1) is 0 Å². The molecule has 2 aliphatic rings. The summed E-state index contributed by atoms with van der Waals surface area (Å²) in [7, 11) is 1.73. The minimum absolute atomic E-state index is 0.640. The van der Waals surface area contributed by atoms with E-state index in [-0.39, 0.29) is 0 Å². The van der Waals surface area contributed by atoms with Crippen molar-refractivity contribution in [2.24, 2.45) is 11.8 Å². The molecule has 2 fully saturated rings. The SMILES string of the molecule is COCCCNC(=S)NC1CC2CCC1C2. The predicted octanol–water partition coefficient (Wildman–Crippen LogP) is 1.68. The minimum Gasteiger partial charge on any atom is -0.385 e. The van der Waals surface area contributed by atoms with E-state index in [0.717, 1.165) is 36.5 Å². The molecular formula is C12H22N2OS. The number of ether oxygens (including phenoxy) is 1. The van der Waals surface area contributed by atoms with Gasteiger partial charge in [-0.05, 0) is 49.7 Å². The van der Waals surface area contributed by atoms with Gasteiger partial charge in [-0.1, -0.05) is 6.42 Å². The average molecular weight is 242 g/mol. The Bertz CT molecular complexity index is 247. The largest absolute Gasteiger partial charge is 0.385 e. The molecule has 92 valence electrons. The van der Waals surface area contributed by atoms with E-state index in [2.05, 4.69) is 10.6 Å². The Morgan fingerprint density at radius 1 is 1.38 bits per heavy atom. The number of hydrogen-bond donors (Lipinski definition) is 2. The van der Waals surface area contributed by atoms with E-state index >= 15 is 0 Å². The third-order valence-corrected chi connectivity index (χ3v) is 4.13. The third-order valence-electron chi connectivity index (χ3n) is 3.87. The van der Waals surface area contributed by atoms with Gasteiger partial charge in [-0.2, -0.15) is 0 Å². The summed E-state index contributed by atoms with van der Waals surface area (Å²) in [6.45, 7) is 1.70. The van der Waals surface area contributed by atoms with Crippen LogP contribution in [0.3, 0.4) is 0 Å². The lowest BCUT2D eigenvalue weighted by atomic mass is 9.96. The number of nitrogens with one attached hydrogen (secondary N) is 2. The first-order chi connectivity index (χ1) is 7.79. The number of rotatable bonds is 5. The van der Waals surface area contributed by atoms with E-state index in [1.807, 2.05) is 0 Å². The van der Waals surface area contributed by atoms with E-state index in [9.17, 15) is 0 Å². The van der Waals surface area contributed by atoms with Crippen LogP contribution in [-0.2, 0) is 4.74 Å². The number of thiocarbonyl (C=S) groups is 1. The summed E-state index contributed by atoms with van der Waals surface area (Å²) in [5.41, 5.74) is 0. The molecule has 3 unspecified atom stereocenters. The van der Waals surface area contributed by atoms with Crippen molar-refractivity contribution in [3.63, 3.8) is 0 Å². The van der Waals surface area contributed by atoms with Crippen molar-refractivity contribution in [2.45, 2.75) is 38.1 Å². The molecule has 0 aliphatic heterocycles. The quantitative estimate of drug-likeness (QED) is 0.568. The third kappa shape index (κ3) is 3.08. The van der Waals surface area contributed by atoms with Crippen molar-refractivity contribution in [2.75, 3.05) is 20.3 Å². The Kier molecular flexibility index (Phi) is 4.41. The van der Waals surface area contributed by atoms with Crippen LogP contribution in [0.15, 0.2) is 0 Å². The molecule has 2 aliphatic carbocycles. The second-order valence-corrected chi connectivity index (χ2v) is 5.44. The first-order valence-corrected chi connectivity index (χ1v) is 6.73. The fraction of sp³-hybridized carbons (Fsp3) is 0.917. The number of methoxy groups -OCH3 is 1. The molecular weight excluding hydrogens is 220 g/mol. The van der Waals surface area contributed by atoms with Crippen molar-refractivity contribution in [1.29, 1.82) is 0 Å². The second kappa shape index (κ2) is 5.82. The van der Waals surface area contributed by atoms with E-state index in [1.165, 1.54) is 25.7 Å². The number of fused-ring (bicyclic) bond motifs is 2. The Balaban J connectivity index is 1.60. The first-order valence-electron chi connectivity index (χ1n) is 6.33. The maximum Gasteiger partial charge on any atom is 0.166 e. The van der Waals surface area contributed by atoms with Crippen molar-refractivity contribution >= 4 is 17.3 Å². The molecule has 0 aromatic rings. The van der Waals surface area contributed by atoms with Gasteiger partial charge in [0.2, 0.25) is 0 Å². The van der Waals surface area contributed by atoms with Gasteiger partial charge in [0.15, 0.2) is 5.11 Å². The summed E-state index contributed by atoms with van der Waals surface area (Å²) >= 11 is 5.29. The summed E-state index contributed by atoms with van der Waals surface area (Å²) in [5, 5.41) is 7.54. The highest BCUT2D eigenvalue weighted by atomic mass is 32.1.